The van der Waals surface area contributed by atoms with E-state index in [1.54, 1.807) is 22.8 Å². The lowest BCUT2D eigenvalue weighted by molar-refractivity contribution is -0.138. The number of alkyl halides is 3. The van der Waals surface area contributed by atoms with E-state index in [2.05, 4.69) is 20.9 Å². The number of halogens is 4. The number of hydrogen-bond acceptors (Lipinski definition) is 1. The number of benzene rings is 2. The summed E-state index contributed by atoms with van der Waals surface area (Å²) >= 11 is 3.38. The van der Waals surface area contributed by atoms with Crippen LogP contribution in [0.25, 0.3) is 11.0 Å². The van der Waals surface area contributed by atoms with Crippen molar-refractivity contribution in [2.24, 2.45) is 0 Å². The number of rotatable bonds is 1. The Hall–Kier alpha value is -2.02. The van der Waals surface area contributed by atoms with Crippen LogP contribution in [0.3, 0.4) is 0 Å². The molecule has 3 nitrogen and oxygen atoms in total. The van der Waals surface area contributed by atoms with Crippen molar-refractivity contribution in [3.05, 3.63) is 68.0 Å². The van der Waals surface area contributed by atoms with Crippen molar-refractivity contribution in [2.75, 3.05) is 0 Å². The van der Waals surface area contributed by atoms with Crippen LogP contribution >= 0.6 is 15.9 Å². The predicted molar refractivity (Wildman–Crippen MR) is 88.2 cm³/mol. The summed E-state index contributed by atoms with van der Waals surface area (Å²) in [4.78, 5) is 15.2. The minimum absolute atomic E-state index is 0.297. The van der Waals surface area contributed by atoms with Crippen molar-refractivity contribution >= 4 is 27.0 Å². The fourth-order valence-corrected chi connectivity index (χ4v) is 3.92. The normalized spacial score (nSPS) is 17.4. The molecule has 0 fully saturated rings. The molecule has 1 aromatic heterocycles. The second kappa shape index (κ2) is 5.24. The van der Waals surface area contributed by atoms with Crippen molar-refractivity contribution < 1.29 is 13.2 Å². The van der Waals surface area contributed by atoms with Gasteiger partial charge in [0.2, 0.25) is 0 Å². The van der Waals surface area contributed by atoms with Crippen LogP contribution in [-0.2, 0) is 12.6 Å². The first-order chi connectivity index (χ1) is 11.4. The largest absolute Gasteiger partial charge is 0.416 e. The minimum atomic E-state index is -4.38. The monoisotopic (exact) mass is 396 g/mol. The number of H-pyrrole nitrogens is 1. The number of aromatic amines is 1. The Balaban J connectivity index is 1.93. The van der Waals surface area contributed by atoms with Gasteiger partial charge in [0.15, 0.2) is 0 Å². The minimum Gasteiger partial charge on any atom is -0.306 e. The van der Waals surface area contributed by atoms with E-state index in [9.17, 15) is 18.0 Å². The zero-order valence-corrected chi connectivity index (χ0v) is 13.9. The molecule has 1 unspecified atom stereocenters. The van der Waals surface area contributed by atoms with Crippen LogP contribution in [0.1, 0.15) is 29.2 Å². The van der Waals surface area contributed by atoms with Crippen molar-refractivity contribution in [1.29, 1.82) is 0 Å². The average molecular weight is 397 g/mol. The summed E-state index contributed by atoms with van der Waals surface area (Å²) in [6, 6.07) is 9.21. The van der Waals surface area contributed by atoms with Crippen LogP contribution in [0.2, 0.25) is 0 Å². The van der Waals surface area contributed by atoms with Gasteiger partial charge in [-0.1, -0.05) is 28.1 Å². The van der Waals surface area contributed by atoms with E-state index in [0.29, 0.717) is 35.0 Å². The van der Waals surface area contributed by atoms with Crippen LogP contribution in [0.15, 0.2) is 45.7 Å². The molecule has 0 bridgehead atoms. The molecular formula is C17H12BrF3N2O. The Labute approximate surface area is 143 Å². The Kier molecular flexibility index (Phi) is 3.38. The van der Waals surface area contributed by atoms with E-state index in [-0.39, 0.29) is 5.69 Å². The van der Waals surface area contributed by atoms with Gasteiger partial charge in [0.05, 0.1) is 22.6 Å². The molecule has 3 aromatic rings. The highest BCUT2D eigenvalue weighted by Gasteiger charge is 2.38. The maximum Gasteiger partial charge on any atom is 0.416 e. The summed E-state index contributed by atoms with van der Waals surface area (Å²) < 4.78 is 42.0. The second-order valence-electron chi connectivity index (χ2n) is 5.89. The van der Waals surface area contributed by atoms with Gasteiger partial charge in [0.25, 0.3) is 0 Å². The predicted octanol–water partition coefficient (Wildman–Crippen LogP) is 4.65. The number of fused-ring (bicyclic) bond motifs is 2. The maximum absolute atomic E-state index is 13.2. The van der Waals surface area contributed by atoms with Crippen molar-refractivity contribution in [2.45, 2.75) is 25.1 Å². The molecule has 1 aliphatic carbocycles. The van der Waals surface area contributed by atoms with E-state index in [0.717, 1.165) is 10.5 Å². The average Bonchev–Trinajstić information content (AvgIpc) is 3.05. The molecule has 124 valence electrons. The molecule has 24 heavy (non-hydrogen) atoms. The van der Waals surface area contributed by atoms with Gasteiger partial charge in [-0.25, -0.2) is 4.79 Å². The van der Waals surface area contributed by atoms with Gasteiger partial charge in [-0.2, -0.15) is 13.2 Å². The molecule has 0 spiro atoms. The lowest BCUT2D eigenvalue weighted by atomic mass is 10.0. The summed E-state index contributed by atoms with van der Waals surface area (Å²) in [5, 5.41) is 0. The molecule has 4 rings (SSSR count). The first-order valence-corrected chi connectivity index (χ1v) is 8.24. The zero-order valence-electron chi connectivity index (χ0n) is 12.3. The molecule has 0 amide bonds. The molecule has 7 heteroatoms. The van der Waals surface area contributed by atoms with Crippen molar-refractivity contribution in [3.8, 4) is 0 Å². The third-order valence-corrected chi connectivity index (χ3v) is 5.03. The van der Waals surface area contributed by atoms with Gasteiger partial charge in [-0.3, -0.25) is 4.57 Å². The lowest BCUT2D eigenvalue weighted by Gasteiger charge is -2.16. The fraction of sp³-hybridized carbons (Fsp3) is 0.235. The van der Waals surface area contributed by atoms with Gasteiger partial charge in [0.1, 0.15) is 0 Å². The molecule has 1 heterocycles. The van der Waals surface area contributed by atoms with Crippen LogP contribution < -0.4 is 5.69 Å². The summed E-state index contributed by atoms with van der Waals surface area (Å²) in [6.45, 7) is 0. The topological polar surface area (TPSA) is 37.8 Å². The van der Waals surface area contributed by atoms with E-state index in [4.69, 9.17) is 0 Å². The van der Waals surface area contributed by atoms with Gasteiger partial charge < -0.3 is 4.98 Å². The quantitative estimate of drug-likeness (QED) is 0.638. The smallest absolute Gasteiger partial charge is 0.306 e. The van der Waals surface area contributed by atoms with Crippen LogP contribution in [0.4, 0.5) is 13.2 Å². The highest BCUT2D eigenvalue weighted by Crippen LogP contribution is 2.42. The van der Waals surface area contributed by atoms with Gasteiger partial charge in [0, 0.05) is 4.47 Å². The van der Waals surface area contributed by atoms with Crippen molar-refractivity contribution in [3.63, 3.8) is 0 Å². The van der Waals surface area contributed by atoms with E-state index < -0.39 is 17.8 Å². The maximum atomic E-state index is 13.2. The first kappa shape index (κ1) is 15.5. The molecule has 1 atom stereocenters. The van der Waals surface area contributed by atoms with E-state index in [1.807, 2.05) is 6.07 Å². The molecule has 0 saturated carbocycles. The molecule has 0 radical (unpaired) electrons. The molecule has 0 saturated heterocycles. The van der Waals surface area contributed by atoms with Gasteiger partial charge in [-0.05, 0) is 48.2 Å². The Morgan fingerprint density at radius 3 is 2.75 bits per heavy atom. The lowest BCUT2D eigenvalue weighted by Crippen LogP contribution is -2.21. The third-order valence-electron chi connectivity index (χ3n) is 4.54. The SMILES string of the molecule is O=c1[nH]c2ccc(Br)cc2n1C1CCc2c1cccc2C(F)(F)F. The molecular weight excluding hydrogens is 385 g/mol. The number of hydrogen-bond donors (Lipinski definition) is 1. The van der Waals surface area contributed by atoms with E-state index >= 15 is 0 Å². The number of imidazole rings is 1. The number of nitrogens with zero attached hydrogens (tertiary/aromatic N) is 1. The van der Waals surface area contributed by atoms with E-state index in [1.165, 1.54) is 6.07 Å². The first-order valence-electron chi connectivity index (χ1n) is 7.45. The Morgan fingerprint density at radius 2 is 2.00 bits per heavy atom. The summed E-state index contributed by atoms with van der Waals surface area (Å²) in [5.41, 5.74) is 1.32. The fourth-order valence-electron chi connectivity index (χ4n) is 3.57. The third kappa shape index (κ3) is 2.30. The summed E-state index contributed by atoms with van der Waals surface area (Å²) in [6.07, 6.45) is -3.60. The Morgan fingerprint density at radius 1 is 1.21 bits per heavy atom. The summed E-state index contributed by atoms with van der Waals surface area (Å²) in [7, 11) is 0. The summed E-state index contributed by atoms with van der Waals surface area (Å²) in [5.74, 6) is 0. The standard InChI is InChI=1S/C17H12BrF3N2O/c18-9-4-6-13-15(8-9)23(16(24)22-13)14-7-5-10-11(14)2-1-3-12(10)17(19,20)21/h1-4,6,8,14H,5,7H2,(H,22,24). The van der Waals surface area contributed by atoms with Crippen LogP contribution in [0, 0.1) is 0 Å². The Bertz CT molecular complexity index is 1000. The highest BCUT2D eigenvalue weighted by molar-refractivity contribution is 9.10. The van der Waals surface area contributed by atoms with Gasteiger partial charge >= 0.3 is 11.9 Å². The van der Waals surface area contributed by atoms with Crippen LogP contribution in [0.5, 0.6) is 0 Å². The second-order valence-corrected chi connectivity index (χ2v) is 6.80. The molecule has 1 N–H and O–H groups in total. The van der Waals surface area contributed by atoms with Crippen molar-refractivity contribution in [1.82, 2.24) is 9.55 Å². The van der Waals surface area contributed by atoms with Crippen LogP contribution in [-0.4, -0.2) is 9.55 Å². The molecule has 0 aliphatic heterocycles. The van der Waals surface area contributed by atoms with Gasteiger partial charge in [-0.15, -0.1) is 0 Å². The molecule has 2 aromatic carbocycles. The number of aromatic nitrogens is 2. The highest BCUT2D eigenvalue weighted by atomic mass is 79.9. The zero-order chi connectivity index (χ0) is 17.1. The molecule has 1 aliphatic rings. The number of nitrogens with one attached hydrogen (secondary N) is 1.